The van der Waals surface area contributed by atoms with E-state index in [0.717, 1.165) is 0 Å². The molecule has 1 aromatic heterocycles. The van der Waals surface area contributed by atoms with E-state index in [2.05, 4.69) is 52.5 Å². The second-order valence-corrected chi connectivity index (χ2v) is 21.0. The van der Waals surface area contributed by atoms with Crippen LogP contribution in [0.4, 0.5) is 0 Å². The van der Waals surface area contributed by atoms with Crippen molar-refractivity contribution in [3.63, 3.8) is 0 Å². The van der Waals surface area contributed by atoms with Gasteiger partial charge in [-0.15, -0.1) is 0 Å². The number of nitrogens with one attached hydrogen (secondary N) is 9. The standard InChI is InChI=1S/C54H92N14O11/c1-7-34(6)45(53(77)67-44(30-69)54(78)79)68-52(76)42(27-35-17-9-8-10-18-35)65-51(75)43(28-36-29-59-31-60-36)66-50(74)41(26-33(4)5)64-48(72)39(21-13-16-24-57)62-49(73)40(25-32(2)3)63-47(71)38(20-12-15-23-56)61-46(70)37(58)19-11-14-22-55/h8-10,17-18,29,31-34,37-45,69H,7,11-16,19-28,30,55-58H2,1-6H3,(H,59,60)(H,61,70)(H,62,73)(H,63,71)(H,64,72)(H,65,75)(H,66,74)(H,67,77)(H,68,76)(H,78,79)/t34-,37-,38-,39-,40-,41-,42-,43-,44-,45-/m0/s1. The lowest BCUT2D eigenvalue weighted by molar-refractivity contribution is -0.143. The van der Waals surface area contributed by atoms with Crippen molar-refractivity contribution in [2.45, 2.75) is 186 Å². The monoisotopic (exact) mass is 1110 g/mol. The van der Waals surface area contributed by atoms with Crippen LogP contribution in [0.1, 0.15) is 130 Å². The van der Waals surface area contributed by atoms with E-state index in [9.17, 15) is 53.4 Å². The van der Waals surface area contributed by atoms with Crippen LogP contribution in [0.15, 0.2) is 42.9 Å². The SMILES string of the molecule is CC[C@H](C)[C@H](NC(=O)[C@H](Cc1ccccc1)NC(=O)[C@H](Cc1cnc[nH]1)NC(=O)[C@H](CC(C)C)NC(=O)[C@H](CCCCN)NC(=O)[C@H](CC(C)C)NC(=O)[C@H](CCCCN)NC(=O)[C@@H](N)CCCCN)C(=O)N[C@@H](CO)C(=O)O. The summed E-state index contributed by atoms with van der Waals surface area (Å²) in [5.74, 6) is -8.12. The van der Waals surface area contributed by atoms with Crippen molar-refractivity contribution < 1.29 is 53.4 Å². The molecule has 2 rings (SSSR count). The third-order valence-corrected chi connectivity index (χ3v) is 13.3. The molecular formula is C54H92N14O11. The van der Waals surface area contributed by atoms with Gasteiger partial charge in [0.15, 0.2) is 0 Å². The van der Waals surface area contributed by atoms with Crippen LogP contribution in [0.2, 0.25) is 0 Å². The smallest absolute Gasteiger partial charge is 0.328 e. The molecule has 0 radical (unpaired) electrons. The van der Waals surface area contributed by atoms with E-state index < -0.39 is 120 Å². The van der Waals surface area contributed by atoms with Crippen LogP contribution < -0.4 is 65.5 Å². The van der Waals surface area contributed by atoms with Gasteiger partial charge in [0.25, 0.3) is 0 Å². The lowest BCUT2D eigenvalue weighted by Gasteiger charge is -2.29. The minimum absolute atomic E-state index is 0.0754. The molecule has 25 heteroatoms. The Morgan fingerprint density at radius 2 is 0.949 bits per heavy atom. The quantitative estimate of drug-likeness (QED) is 0.0356. The van der Waals surface area contributed by atoms with Gasteiger partial charge in [0.2, 0.25) is 47.3 Å². The van der Waals surface area contributed by atoms with Gasteiger partial charge in [-0.05, 0) is 107 Å². The molecule has 2 aromatic rings. The predicted octanol–water partition coefficient (Wildman–Crippen LogP) is -0.997. The van der Waals surface area contributed by atoms with Gasteiger partial charge >= 0.3 is 5.97 Å². The number of aromatic amines is 1. The molecule has 0 saturated heterocycles. The number of nitrogens with two attached hydrogens (primary N) is 4. The first-order valence-electron chi connectivity index (χ1n) is 27.7. The average Bonchev–Trinajstić information content (AvgIpc) is 3.93. The number of aliphatic hydroxyl groups is 1. The Kier molecular flexibility index (Phi) is 32.4. The van der Waals surface area contributed by atoms with E-state index in [0.29, 0.717) is 82.3 Å². The molecule has 444 valence electrons. The third kappa shape index (κ3) is 25.9. The van der Waals surface area contributed by atoms with E-state index in [1.165, 1.54) is 12.5 Å². The molecule has 0 aliphatic rings. The number of H-pyrrole nitrogens is 1. The van der Waals surface area contributed by atoms with Crippen molar-refractivity contribution in [1.82, 2.24) is 52.5 Å². The highest BCUT2D eigenvalue weighted by Crippen LogP contribution is 2.15. The topological polar surface area (TPSA) is 423 Å². The van der Waals surface area contributed by atoms with Crippen molar-refractivity contribution in [1.29, 1.82) is 0 Å². The molecule has 79 heavy (non-hydrogen) atoms. The number of imidazole rings is 1. The molecule has 10 atom stereocenters. The Morgan fingerprint density at radius 1 is 0.532 bits per heavy atom. The number of carbonyl (C=O) groups is 9. The normalized spacial score (nSPS) is 15.2. The fourth-order valence-electron chi connectivity index (χ4n) is 8.50. The van der Waals surface area contributed by atoms with E-state index in [-0.39, 0.29) is 50.4 Å². The summed E-state index contributed by atoms with van der Waals surface area (Å²) in [6.07, 6.45) is 7.17. The number of unbranched alkanes of at least 4 members (excludes halogenated alkanes) is 3. The first-order valence-corrected chi connectivity index (χ1v) is 27.7. The number of amides is 8. The van der Waals surface area contributed by atoms with Gasteiger partial charge < -0.3 is 80.7 Å². The summed E-state index contributed by atoms with van der Waals surface area (Å²) in [7, 11) is 0. The Bertz CT molecular complexity index is 2190. The molecule has 0 unspecified atom stereocenters. The average molecular weight is 1110 g/mol. The largest absolute Gasteiger partial charge is 0.480 e. The molecular weight excluding hydrogens is 1020 g/mol. The second-order valence-electron chi connectivity index (χ2n) is 21.0. The number of carboxylic acid groups (broad SMARTS) is 1. The van der Waals surface area contributed by atoms with Gasteiger partial charge in [-0.3, -0.25) is 38.4 Å². The number of nitrogens with zero attached hydrogens (tertiary/aromatic N) is 1. The summed E-state index contributed by atoms with van der Waals surface area (Å²) in [4.78, 5) is 131. The summed E-state index contributed by atoms with van der Waals surface area (Å²) in [6, 6.07) is -2.55. The highest BCUT2D eigenvalue weighted by Gasteiger charge is 2.36. The molecule has 25 nitrogen and oxygen atoms in total. The highest BCUT2D eigenvalue weighted by molar-refractivity contribution is 5.98. The summed E-state index contributed by atoms with van der Waals surface area (Å²) in [6.45, 7) is 11.0. The van der Waals surface area contributed by atoms with Crippen LogP contribution in [0, 0.1) is 17.8 Å². The number of hydrogen-bond donors (Lipinski definition) is 15. The molecule has 8 amide bonds. The van der Waals surface area contributed by atoms with Crippen molar-refractivity contribution in [3.05, 3.63) is 54.1 Å². The summed E-state index contributed by atoms with van der Waals surface area (Å²) >= 11 is 0. The van der Waals surface area contributed by atoms with Crippen LogP contribution in [-0.2, 0) is 56.0 Å². The number of carboxylic acids is 1. The third-order valence-electron chi connectivity index (χ3n) is 13.3. The lowest BCUT2D eigenvalue weighted by Crippen LogP contribution is -2.61. The van der Waals surface area contributed by atoms with Gasteiger partial charge in [0.05, 0.1) is 19.0 Å². The summed E-state index contributed by atoms with van der Waals surface area (Å²) < 4.78 is 0. The lowest BCUT2D eigenvalue weighted by atomic mass is 9.96. The number of aliphatic hydroxyl groups excluding tert-OH is 1. The zero-order valence-corrected chi connectivity index (χ0v) is 47.0. The van der Waals surface area contributed by atoms with Crippen LogP contribution in [0.3, 0.4) is 0 Å². The van der Waals surface area contributed by atoms with Gasteiger partial charge in [-0.25, -0.2) is 9.78 Å². The number of hydrogen-bond acceptors (Lipinski definition) is 15. The van der Waals surface area contributed by atoms with E-state index in [1.54, 1.807) is 44.2 Å². The first kappa shape index (κ1) is 68.6. The van der Waals surface area contributed by atoms with Crippen LogP contribution in [-0.4, -0.2) is 154 Å². The van der Waals surface area contributed by atoms with Crippen molar-refractivity contribution in [3.8, 4) is 0 Å². The van der Waals surface area contributed by atoms with Crippen LogP contribution >= 0.6 is 0 Å². The zero-order chi connectivity index (χ0) is 59.0. The molecule has 0 aliphatic carbocycles. The van der Waals surface area contributed by atoms with E-state index in [4.69, 9.17) is 22.9 Å². The van der Waals surface area contributed by atoms with Gasteiger partial charge in [0.1, 0.15) is 48.3 Å². The number of rotatable bonds is 40. The van der Waals surface area contributed by atoms with Crippen molar-refractivity contribution in [2.75, 3.05) is 26.2 Å². The number of benzene rings is 1. The number of aliphatic carboxylic acids is 1. The maximum absolute atomic E-state index is 14.6. The van der Waals surface area contributed by atoms with Crippen LogP contribution in [0.25, 0.3) is 0 Å². The van der Waals surface area contributed by atoms with Gasteiger partial charge in [-0.2, -0.15) is 0 Å². The Labute approximate surface area is 464 Å². The Balaban J connectivity index is 2.50. The van der Waals surface area contributed by atoms with Crippen LogP contribution in [0.5, 0.6) is 0 Å². The molecule has 1 heterocycles. The molecule has 0 saturated carbocycles. The highest BCUT2D eigenvalue weighted by atomic mass is 16.4. The Hall–Kier alpha value is -6.54. The van der Waals surface area contributed by atoms with Gasteiger partial charge in [-0.1, -0.05) is 84.7 Å². The summed E-state index contributed by atoms with van der Waals surface area (Å²) in [5.41, 5.74) is 24.4. The first-order chi connectivity index (χ1) is 37.6. The zero-order valence-electron chi connectivity index (χ0n) is 47.0. The number of aromatic nitrogens is 2. The molecule has 0 spiro atoms. The maximum atomic E-state index is 14.6. The number of carbonyl (C=O) groups excluding carboxylic acids is 8. The molecule has 19 N–H and O–H groups in total. The molecule has 0 fully saturated rings. The second kappa shape index (κ2) is 37.4. The van der Waals surface area contributed by atoms with E-state index in [1.807, 2.05) is 27.7 Å². The van der Waals surface area contributed by atoms with Crippen molar-refractivity contribution in [2.24, 2.45) is 40.7 Å². The fourth-order valence-corrected chi connectivity index (χ4v) is 8.50. The Morgan fingerprint density at radius 3 is 1.39 bits per heavy atom. The minimum atomic E-state index is -1.64. The van der Waals surface area contributed by atoms with Gasteiger partial charge in [0, 0.05) is 24.7 Å². The molecule has 1 aromatic carbocycles. The predicted molar refractivity (Wildman–Crippen MR) is 298 cm³/mol. The van der Waals surface area contributed by atoms with Crippen molar-refractivity contribution >= 4 is 53.2 Å². The summed E-state index contributed by atoms with van der Waals surface area (Å²) in [5, 5.41) is 40.7. The fraction of sp³-hybridized carbons (Fsp3) is 0.667. The maximum Gasteiger partial charge on any atom is 0.328 e. The molecule has 0 bridgehead atoms. The van der Waals surface area contributed by atoms with E-state index >= 15 is 0 Å². The minimum Gasteiger partial charge on any atom is -0.480 e. The molecule has 0 aliphatic heterocycles.